The van der Waals surface area contributed by atoms with E-state index in [1.54, 1.807) is 36.1 Å². The van der Waals surface area contributed by atoms with Crippen molar-refractivity contribution in [2.45, 2.75) is 33.6 Å². The van der Waals surface area contributed by atoms with Crippen molar-refractivity contribution in [2.24, 2.45) is 0 Å². The van der Waals surface area contributed by atoms with Gasteiger partial charge < -0.3 is 10.3 Å². The van der Waals surface area contributed by atoms with Gasteiger partial charge in [0.25, 0.3) is 0 Å². The van der Waals surface area contributed by atoms with Gasteiger partial charge in [-0.1, -0.05) is 26.8 Å². The minimum Gasteiger partial charge on any atom is -0.335 e. The van der Waals surface area contributed by atoms with E-state index in [0.29, 0.717) is 23.6 Å². The van der Waals surface area contributed by atoms with E-state index in [2.05, 4.69) is 48.4 Å². The van der Waals surface area contributed by atoms with Crippen LogP contribution in [0, 0.1) is 0 Å². The first-order valence-corrected chi connectivity index (χ1v) is 12.5. The molecule has 0 unspecified atom stereocenters. The molecule has 0 saturated heterocycles. The maximum atomic E-state index is 12.2. The molecule has 0 aliphatic carbocycles. The molecule has 6 rings (SSSR count). The van der Waals surface area contributed by atoms with E-state index in [-0.39, 0.29) is 13.3 Å². The highest BCUT2D eigenvalue weighted by molar-refractivity contribution is 7.13. The van der Waals surface area contributed by atoms with Crippen LogP contribution >= 0.6 is 11.3 Å². The number of unbranched alkanes of at least 4 members (excludes halogenated alkanes) is 1. The number of fused-ring (bicyclic) bond motifs is 2. The van der Waals surface area contributed by atoms with Gasteiger partial charge in [-0.15, -0.1) is 11.3 Å². The summed E-state index contributed by atoms with van der Waals surface area (Å²) >= 11 is 1.65. The molecule has 1 amide bonds. The fraction of sp³-hybridized carbons (Fsp3) is 0.185. The topological polar surface area (TPSA) is 125 Å². The number of thiophene rings is 1. The number of nitrogens with zero attached hydrogens (tertiary/aromatic N) is 5. The third-order valence-corrected chi connectivity index (χ3v) is 6.84. The molecule has 3 N–H and O–H groups in total. The number of hydrogen-bond donors (Lipinski definition) is 3. The van der Waals surface area contributed by atoms with Crippen LogP contribution in [0.1, 0.15) is 33.6 Å². The molecular weight excluding hydrogens is 484 g/mol. The van der Waals surface area contributed by atoms with Crippen molar-refractivity contribution in [3.05, 3.63) is 60.6 Å². The average Bonchev–Trinajstić information content (AvgIpc) is 3.66. The van der Waals surface area contributed by atoms with Crippen molar-refractivity contribution < 1.29 is 4.79 Å². The van der Waals surface area contributed by atoms with Crippen LogP contribution in [0.4, 0.5) is 5.69 Å². The lowest BCUT2D eigenvalue weighted by Gasteiger charge is -2.07. The van der Waals surface area contributed by atoms with Crippen LogP contribution in [0.3, 0.4) is 0 Å². The summed E-state index contributed by atoms with van der Waals surface area (Å²) < 4.78 is 0. The standard InChI is InChI=1S/C26H22N8OS.CH4/c1-2-3-6-22(35)30-17-8-15(10-27-12-17)16-9-18-24(33-34-25(18)29-11-16)26-31-20-14-28-13-19(23(20)32-26)21-5-4-7-36-21;/h4-5,7-14H,2-3,6H2,1H3,(H,30,35)(H,31,32)(H,29,33,34);1H4. The molecule has 0 atom stereocenters. The second-order valence-electron chi connectivity index (χ2n) is 8.45. The number of anilines is 1. The molecule has 10 heteroatoms. The van der Waals surface area contributed by atoms with Crippen LogP contribution in [0.2, 0.25) is 0 Å². The Kier molecular flexibility index (Phi) is 6.74. The molecule has 6 aromatic rings. The SMILES string of the molecule is C.CCCCC(=O)Nc1cncc(-c2cnc3n[nH]c(-c4nc5c(-c6cccs6)cncc5[nH]4)c3c2)c1. The number of aromatic nitrogens is 7. The number of carbonyl (C=O) groups is 1. The molecule has 37 heavy (non-hydrogen) atoms. The molecule has 6 aromatic heterocycles. The quantitative estimate of drug-likeness (QED) is 0.227. The number of rotatable bonds is 7. The number of aromatic amines is 2. The Labute approximate surface area is 217 Å². The molecule has 6 heterocycles. The zero-order valence-corrected chi connectivity index (χ0v) is 20.3. The van der Waals surface area contributed by atoms with Gasteiger partial charge in [-0.25, -0.2) is 9.97 Å². The van der Waals surface area contributed by atoms with Crippen molar-refractivity contribution in [3.8, 4) is 33.1 Å². The Hall–Kier alpha value is -4.44. The minimum atomic E-state index is -0.0113. The number of hydrogen-bond acceptors (Lipinski definition) is 7. The summed E-state index contributed by atoms with van der Waals surface area (Å²) in [6, 6.07) is 7.99. The van der Waals surface area contributed by atoms with Gasteiger partial charge >= 0.3 is 0 Å². The van der Waals surface area contributed by atoms with Crippen LogP contribution in [0.25, 0.3) is 55.2 Å². The van der Waals surface area contributed by atoms with Crippen molar-refractivity contribution in [1.82, 2.24) is 35.1 Å². The largest absolute Gasteiger partial charge is 0.335 e. The van der Waals surface area contributed by atoms with Gasteiger partial charge in [0, 0.05) is 46.6 Å². The lowest BCUT2D eigenvalue weighted by Crippen LogP contribution is -2.11. The summed E-state index contributed by atoms with van der Waals surface area (Å²) in [5, 5.41) is 13.3. The van der Waals surface area contributed by atoms with E-state index in [1.807, 2.05) is 29.8 Å². The number of H-pyrrole nitrogens is 2. The summed E-state index contributed by atoms with van der Waals surface area (Å²) in [7, 11) is 0. The Balaban J connectivity index is 0.00000280. The van der Waals surface area contributed by atoms with Gasteiger partial charge in [0.1, 0.15) is 11.2 Å². The van der Waals surface area contributed by atoms with Gasteiger partial charge in [-0.2, -0.15) is 5.10 Å². The number of imidazole rings is 1. The third kappa shape index (κ3) is 4.70. The zero-order chi connectivity index (χ0) is 24.5. The second kappa shape index (κ2) is 10.3. The molecule has 0 saturated carbocycles. The summed E-state index contributed by atoms with van der Waals surface area (Å²) in [4.78, 5) is 34.8. The lowest BCUT2D eigenvalue weighted by molar-refractivity contribution is -0.116. The van der Waals surface area contributed by atoms with Crippen molar-refractivity contribution in [1.29, 1.82) is 0 Å². The van der Waals surface area contributed by atoms with Gasteiger partial charge in [0.2, 0.25) is 5.91 Å². The van der Waals surface area contributed by atoms with Crippen LogP contribution in [-0.2, 0) is 4.79 Å². The number of carbonyl (C=O) groups excluding carboxylic acids is 1. The Morgan fingerprint density at radius 2 is 1.95 bits per heavy atom. The molecule has 0 bridgehead atoms. The first-order chi connectivity index (χ1) is 17.7. The zero-order valence-electron chi connectivity index (χ0n) is 19.4. The van der Waals surface area contributed by atoms with Gasteiger partial charge in [0.15, 0.2) is 11.5 Å². The molecule has 186 valence electrons. The molecule has 0 spiro atoms. The van der Waals surface area contributed by atoms with Crippen LogP contribution in [0.15, 0.2) is 60.6 Å². The maximum absolute atomic E-state index is 12.2. The third-order valence-electron chi connectivity index (χ3n) is 5.94. The first-order valence-electron chi connectivity index (χ1n) is 11.7. The summed E-state index contributed by atoms with van der Waals surface area (Å²) in [6.45, 7) is 2.06. The summed E-state index contributed by atoms with van der Waals surface area (Å²) in [6.07, 6.45) is 11.1. The van der Waals surface area contributed by atoms with Crippen LogP contribution in [0.5, 0.6) is 0 Å². The molecule has 9 nitrogen and oxygen atoms in total. The molecule has 0 aliphatic heterocycles. The number of nitrogens with one attached hydrogen (secondary N) is 3. The second-order valence-corrected chi connectivity index (χ2v) is 9.40. The van der Waals surface area contributed by atoms with Crippen molar-refractivity contribution in [2.75, 3.05) is 5.32 Å². The van der Waals surface area contributed by atoms with Gasteiger partial charge in [-0.05, 0) is 30.0 Å². The van der Waals surface area contributed by atoms with Gasteiger partial charge in [-0.3, -0.25) is 19.9 Å². The predicted molar refractivity (Wildman–Crippen MR) is 148 cm³/mol. The van der Waals surface area contributed by atoms with E-state index in [1.165, 1.54) is 0 Å². The molecule has 0 aromatic carbocycles. The monoisotopic (exact) mass is 510 g/mol. The minimum absolute atomic E-state index is 0. The highest BCUT2D eigenvalue weighted by atomic mass is 32.1. The Bertz CT molecular complexity index is 1690. The molecular formula is C27H26N8OS. The smallest absolute Gasteiger partial charge is 0.224 e. The number of amides is 1. The average molecular weight is 511 g/mol. The Morgan fingerprint density at radius 3 is 2.78 bits per heavy atom. The molecule has 0 radical (unpaired) electrons. The van der Waals surface area contributed by atoms with Crippen molar-refractivity contribution >= 4 is 45.0 Å². The fourth-order valence-corrected chi connectivity index (χ4v) is 4.87. The van der Waals surface area contributed by atoms with Gasteiger partial charge in [0.05, 0.1) is 29.0 Å². The lowest BCUT2D eigenvalue weighted by atomic mass is 10.1. The van der Waals surface area contributed by atoms with Crippen molar-refractivity contribution in [3.63, 3.8) is 0 Å². The Morgan fingerprint density at radius 1 is 1.08 bits per heavy atom. The van der Waals surface area contributed by atoms with E-state index in [4.69, 9.17) is 4.98 Å². The predicted octanol–water partition coefficient (Wildman–Crippen LogP) is 6.45. The highest BCUT2D eigenvalue weighted by Gasteiger charge is 2.17. The summed E-state index contributed by atoms with van der Waals surface area (Å²) in [5.41, 5.74) is 6.37. The van der Waals surface area contributed by atoms with E-state index >= 15 is 0 Å². The highest BCUT2D eigenvalue weighted by Crippen LogP contribution is 2.33. The fourth-order valence-electron chi connectivity index (χ4n) is 4.13. The maximum Gasteiger partial charge on any atom is 0.224 e. The number of pyridine rings is 3. The first kappa shape index (κ1) is 24.3. The van der Waals surface area contributed by atoms with Crippen LogP contribution < -0.4 is 5.32 Å². The molecule has 0 aliphatic rings. The summed E-state index contributed by atoms with van der Waals surface area (Å²) in [5.74, 6) is 0.648. The van der Waals surface area contributed by atoms with E-state index in [0.717, 1.165) is 56.5 Å². The van der Waals surface area contributed by atoms with E-state index < -0.39 is 0 Å². The normalized spacial score (nSPS) is 11.1. The molecule has 0 fully saturated rings. The van der Waals surface area contributed by atoms with E-state index in [9.17, 15) is 4.79 Å². The van der Waals surface area contributed by atoms with Crippen LogP contribution in [-0.4, -0.2) is 41.0 Å².